The second-order valence-electron chi connectivity index (χ2n) is 7.42. The Morgan fingerprint density at radius 3 is 2.64 bits per heavy atom. The number of carbonyl (C=O) groups is 2. The van der Waals surface area contributed by atoms with Gasteiger partial charge in [0.2, 0.25) is 11.8 Å². The summed E-state index contributed by atoms with van der Waals surface area (Å²) < 4.78 is 46.3. The molecule has 1 aromatic carbocycles. The van der Waals surface area contributed by atoms with E-state index in [-0.39, 0.29) is 23.9 Å². The molecular weight excluding hydrogens is 441 g/mol. The highest BCUT2D eigenvalue weighted by Gasteiger charge is 2.28. The van der Waals surface area contributed by atoms with Crippen LogP contribution >= 0.6 is 0 Å². The first-order chi connectivity index (χ1) is 15.8. The average Bonchev–Trinajstić information content (AvgIpc) is 2.81. The highest BCUT2D eigenvalue weighted by atomic mass is 19.4. The van der Waals surface area contributed by atoms with Crippen LogP contribution in [0.25, 0.3) is 0 Å². The maximum absolute atomic E-state index is 12.3. The van der Waals surface area contributed by atoms with Gasteiger partial charge in [-0.1, -0.05) is 12.1 Å². The summed E-state index contributed by atoms with van der Waals surface area (Å²) in [5.74, 6) is -0.757. The number of anilines is 1. The summed E-state index contributed by atoms with van der Waals surface area (Å²) in [7, 11) is 0. The molecule has 3 rings (SSSR count). The van der Waals surface area contributed by atoms with Crippen molar-refractivity contribution in [3.05, 3.63) is 53.7 Å². The Hall–Kier alpha value is -3.18. The summed E-state index contributed by atoms with van der Waals surface area (Å²) in [4.78, 5) is 30.4. The van der Waals surface area contributed by atoms with E-state index in [0.29, 0.717) is 31.9 Å². The lowest BCUT2D eigenvalue weighted by Crippen LogP contribution is -2.38. The SMILES string of the molecule is O=C(CCN1CCOCC1)Nc1cccc(CNC(=O)c2ccc(OCC(F)(F)F)nc2)c1. The largest absolute Gasteiger partial charge is 0.468 e. The molecule has 0 unspecified atom stereocenters. The molecule has 0 spiro atoms. The van der Waals surface area contributed by atoms with E-state index in [0.717, 1.165) is 24.8 Å². The standard InChI is InChI=1S/C22H25F3N4O4/c23-22(24,25)15-33-20-5-4-17(14-26-20)21(31)27-13-16-2-1-3-18(12-16)28-19(30)6-7-29-8-10-32-11-9-29/h1-5,12,14H,6-11,13,15H2,(H,27,31)(H,28,30). The third-order valence-electron chi connectivity index (χ3n) is 4.80. The molecule has 8 nitrogen and oxygen atoms in total. The van der Waals surface area contributed by atoms with Crippen molar-refractivity contribution < 1.29 is 32.2 Å². The predicted molar refractivity (Wildman–Crippen MR) is 114 cm³/mol. The second-order valence-corrected chi connectivity index (χ2v) is 7.42. The van der Waals surface area contributed by atoms with Crippen LogP contribution in [0.2, 0.25) is 0 Å². The van der Waals surface area contributed by atoms with E-state index in [1.54, 1.807) is 24.3 Å². The van der Waals surface area contributed by atoms with Crippen LogP contribution in [0.3, 0.4) is 0 Å². The molecule has 0 atom stereocenters. The molecular formula is C22H25F3N4O4. The lowest BCUT2D eigenvalue weighted by molar-refractivity contribution is -0.154. The van der Waals surface area contributed by atoms with Crippen LogP contribution in [0.4, 0.5) is 18.9 Å². The van der Waals surface area contributed by atoms with Crippen molar-refractivity contribution >= 4 is 17.5 Å². The number of carbonyl (C=O) groups excluding carboxylic acids is 2. The molecule has 33 heavy (non-hydrogen) atoms. The fourth-order valence-electron chi connectivity index (χ4n) is 3.11. The molecule has 2 amide bonds. The summed E-state index contributed by atoms with van der Waals surface area (Å²) in [6.07, 6.45) is -2.95. The highest BCUT2D eigenvalue weighted by molar-refractivity contribution is 5.94. The number of alkyl halides is 3. The van der Waals surface area contributed by atoms with Gasteiger partial charge in [0.1, 0.15) is 0 Å². The molecule has 1 fully saturated rings. The molecule has 178 valence electrons. The summed E-state index contributed by atoms with van der Waals surface area (Å²) in [5.41, 5.74) is 1.58. The van der Waals surface area contributed by atoms with Crippen LogP contribution in [0.1, 0.15) is 22.3 Å². The van der Waals surface area contributed by atoms with Gasteiger partial charge in [-0.2, -0.15) is 13.2 Å². The van der Waals surface area contributed by atoms with Crippen LogP contribution in [-0.2, 0) is 16.1 Å². The molecule has 1 aromatic heterocycles. The van der Waals surface area contributed by atoms with E-state index < -0.39 is 18.7 Å². The number of ether oxygens (including phenoxy) is 2. The second kappa shape index (κ2) is 11.6. The van der Waals surface area contributed by atoms with E-state index in [1.807, 2.05) is 0 Å². The van der Waals surface area contributed by atoms with Crippen LogP contribution in [0, 0.1) is 0 Å². The van der Waals surface area contributed by atoms with E-state index in [9.17, 15) is 22.8 Å². The van der Waals surface area contributed by atoms with E-state index >= 15 is 0 Å². The number of rotatable bonds is 9. The Morgan fingerprint density at radius 2 is 1.94 bits per heavy atom. The molecule has 2 N–H and O–H groups in total. The van der Waals surface area contributed by atoms with Gasteiger partial charge in [0.15, 0.2) is 6.61 Å². The Bertz CT molecular complexity index is 932. The van der Waals surface area contributed by atoms with Crippen LogP contribution in [-0.4, -0.2) is 67.3 Å². The third-order valence-corrected chi connectivity index (χ3v) is 4.80. The summed E-state index contributed by atoms with van der Waals surface area (Å²) >= 11 is 0. The summed E-state index contributed by atoms with van der Waals surface area (Å²) in [6.45, 7) is 2.42. The number of morpholine rings is 1. The van der Waals surface area contributed by atoms with Gasteiger partial charge in [0.05, 0.1) is 18.8 Å². The lowest BCUT2D eigenvalue weighted by atomic mass is 10.2. The fourth-order valence-corrected chi connectivity index (χ4v) is 3.11. The van der Waals surface area contributed by atoms with Crippen molar-refractivity contribution in [2.45, 2.75) is 19.1 Å². The molecule has 11 heteroatoms. The molecule has 0 saturated carbocycles. The number of nitrogens with zero attached hydrogens (tertiary/aromatic N) is 2. The number of halogens is 3. The Morgan fingerprint density at radius 1 is 1.15 bits per heavy atom. The number of amides is 2. The maximum atomic E-state index is 12.3. The molecule has 1 aliphatic rings. The first-order valence-corrected chi connectivity index (χ1v) is 10.4. The lowest BCUT2D eigenvalue weighted by Gasteiger charge is -2.26. The van der Waals surface area contributed by atoms with E-state index in [1.165, 1.54) is 12.1 Å². The topological polar surface area (TPSA) is 92.8 Å². The quantitative estimate of drug-likeness (QED) is 0.590. The van der Waals surface area contributed by atoms with Gasteiger partial charge in [-0.15, -0.1) is 0 Å². The van der Waals surface area contributed by atoms with Gasteiger partial charge in [-0.25, -0.2) is 4.98 Å². The molecule has 0 radical (unpaired) electrons. The van der Waals surface area contributed by atoms with Gasteiger partial charge >= 0.3 is 6.18 Å². The zero-order chi connectivity index (χ0) is 23.7. The number of hydrogen-bond donors (Lipinski definition) is 2. The average molecular weight is 466 g/mol. The third kappa shape index (κ3) is 8.70. The van der Waals surface area contributed by atoms with Crippen LogP contribution < -0.4 is 15.4 Å². The number of benzene rings is 1. The smallest absolute Gasteiger partial charge is 0.422 e. The van der Waals surface area contributed by atoms with Crippen molar-refractivity contribution in [2.24, 2.45) is 0 Å². The predicted octanol–water partition coefficient (Wildman–Crippen LogP) is 2.61. The Kier molecular flexibility index (Phi) is 8.61. The normalized spacial score (nSPS) is 14.5. The molecule has 1 aliphatic heterocycles. The molecule has 0 bridgehead atoms. The van der Waals surface area contributed by atoms with Crippen molar-refractivity contribution in [3.8, 4) is 5.88 Å². The first kappa shape index (κ1) is 24.5. The molecule has 1 saturated heterocycles. The van der Waals surface area contributed by atoms with Crippen molar-refractivity contribution in [3.63, 3.8) is 0 Å². The van der Waals surface area contributed by atoms with Gasteiger partial charge in [0, 0.05) is 50.6 Å². The number of nitrogens with one attached hydrogen (secondary N) is 2. The monoisotopic (exact) mass is 466 g/mol. The number of pyridine rings is 1. The van der Waals surface area contributed by atoms with Crippen molar-refractivity contribution in [1.29, 1.82) is 0 Å². The minimum absolute atomic E-state index is 0.0958. The fraction of sp³-hybridized carbons (Fsp3) is 0.409. The van der Waals surface area contributed by atoms with Gasteiger partial charge in [0.25, 0.3) is 5.91 Å². The maximum Gasteiger partial charge on any atom is 0.422 e. The molecule has 2 aromatic rings. The van der Waals surface area contributed by atoms with Crippen molar-refractivity contribution in [1.82, 2.24) is 15.2 Å². The molecule has 2 heterocycles. The minimum atomic E-state index is -4.46. The van der Waals surface area contributed by atoms with Crippen molar-refractivity contribution in [2.75, 3.05) is 44.8 Å². The summed E-state index contributed by atoms with van der Waals surface area (Å²) in [6, 6.07) is 9.64. The highest BCUT2D eigenvalue weighted by Crippen LogP contribution is 2.17. The number of aromatic nitrogens is 1. The van der Waals surface area contributed by atoms with Crippen LogP contribution in [0.5, 0.6) is 5.88 Å². The number of hydrogen-bond acceptors (Lipinski definition) is 6. The zero-order valence-electron chi connectivity index (χ0n) is 17.9. The molecule has 0 aliphatic carbocycles. The van der Waals surface area contributed by atoms with Crippen LogP contribution in [0.15, 0.2) is 42.6 Å². The minimum Gasteiger partial charge on any atom is -0.468 e. The van der Waals surface area contributed by atoms with E-state index in [2.05, 4.69) is 25.3 Å². The Labute approximate surface area is 189 Å². The van der Waals surface area contributed by atoms with E-state index in [4.69, 9.17) is 4.74 Å². The van der Waals surface area contributed by atoms with Gasteiger partial charge in [-0.05, 0) is 23.8 Å². The first-order valence-electron chi connectivity index (χ1n) is 10.4. The Balaban J connectivity index is 1.44. The van der Waals surface area contributed by atoms with Gasteiger partial charge < -0.3 is 20.1 Å². The summed E-state index contributed by atoms with van der Waals surface area (Å²) in [5, 5.41) is 5.57. The zero-order valence-corrected chi connectivity index (χ0v) is 17.9. The van der Waals surface area contributed by atoms with Gasteiger partial charge in [-0.3, -0.25) is 14.5 Å².